The number of carbonyl (C=O) groups is 2. The van der Waals surface area contributed by atoms with Crippen LogP contribution in [0.3, 0.4) is 0 Å². The van der Waals surface area contributed by atoms with E-state index in [0.29, 0.717) is 24.4 Å². The molecule has 0 aromatic heterocycles. The van der Waals surface area contributed by atoms with Crippen LogP contribution in [0.1, 0.15) is 38.5 Å². The number of fused-ring (bicyclic) bond motifs is 1. The lowest BCUT2D eigenvalue weighted by Crippen LogP contribution is -2.32. The average Bonchev–Trinajstić information content (AvgIpc) is 3.21. The summed E-state index contributed by atoms with van der Waals surface area (Å²) in [5, 5.41) is 5.45. The minimum absolute atomic E-state index is 0.00804. The first-order chi connectivity index (χ1) is 15.8. The Labute approximate surface area is 191 Å². The van der Waals surface area contributed by atoms with Crippen molar-refractivity contribution >= 4 is 39.1 Å². The molecule has 0 atom stereocenters. The number of nitrogens with zero attached hydrogens (tertiary/aromatic N) is 1. The minimum atomic E-state index is -3.82. The zero-order chi connectivity index (χ0) is 23.5. The molecule has 0 saturated heterocycles. The highest BCUT2D eigenvalue weighted by molar-refractivity contribution is 7.90. The second-order valence-electron chi connectivity index (χ2n) is 8.38. The van der Waals surface area contributed by atoms with Gasteiger partial charge < -0.3 is 15.4 Å². The summed E-state index contributed by atoms with van der Waals surface area (Å²) in [6, 6.07) is 12.2. The molecular weight excluding hydrogens is 449 g/mol. The molecule has 1 saturated carbocycles. The standard InChI is InChI=1S/C23H24FN3O5S/c24-16-7-1-2-8-17(16)26-21(28)15-32-22(29)14-23(11-5-6-12-23)13-20-25-18-9-3-4-10-19(18)33(30,31)27-20/h1-4,7-10H,5-6,11-15H2,(H,25,27)(H,26,28). The predicted octanol–water partition coefficient (Wildman–Crippen LogP) is 3.86. The molecule has 1 amide bonds. The molecular formula is C23H24FN3O5S. The molecule has 2 aliphatic rings. The van der Waals surface area contributed by atoms with E-state index in [9.17, 15) is 22.4 Å². The van der Waals surface area contributed by atoms with Crippen LogP contribution >= 0.6 is 0 Å². The topological polar surface area (TPSA) is 114 Å². The van der Waals surface area contributed by atoms with Crippen LogP contribution in [0, 0.1) is 11.2 Å². The van der Waals surface area contributed by atoms with Gasteiger partial charge in [-0.25, -0.2) is 4.39 Å². The summed E-state index contributed by atoms with van der Waals surface area (Å²) in [5.74, 6) is -1.50. The van der Waals surface area contributed by atoms with E-state index < -0.39 is 39.7 Å². The van der Waals surface area contributed by atoms with Crippen molar-refractivity contribution in [1.82, 2.24) is 0 Å². The van der Waals surface area contributed by atoms with Crippen molar-refractivity contribution in [2.24, 2.45) is 9.81 Å². The lowest BCUT2D eigenvalue weighted by Gasteiger charge is -2.30. The number of para-hydroxylation sites is 2. The quantitative estimate of drug-likeness (QED) is 0.591. The van der Waals surface area contributed by atoms with Gasteiger partial charge in [-0.3, -0.25) is 9.59 Å². The fourth-order valence-electron chi connectivity index (χ4n) is 4.39. The molecule has 0 radical (unpaired) electrons. The summed E-state index contributed by atoms with van der Waals surface area (Å²) in [6.07, 6.45) is 3.53. The molecule has 8 nitrogen and oxygen atoms in total. The maximum absolute atomic E-state index is 13.7. The molecule has 2 aromatic rings. The maximum atomic E-state index is 13.7. The molecule has 0 spiro atoms. The molecule has 1 heterocycles. The van der Waals surface area contributed by atoms with Crippen LogP contribution in [0.5, 0.6) is 0 Å². The molecule has 1 fully saturated rings. The molecule has 33 heavy (non-hydrogen) atoms. The predicted molar refractivity (Wildman–Crippen MR) is 121 cm³/mol. The van der Waals surface area contributed by atoms with Gasteiger partial charge in [0.2, 0.25) is 0 Å². The number of sulfonamides is 1. The summed E-state index contributed by atoms with van der Waals surface area (Å²) < 4.78 is 47.8. The fourth-order valence-corrected chi connectivity index (χ4v) is 5.54. The fraction of sp³-hybridized carbons (Fsp3) is 0.348. The van der Waals surface area contributed by atoms with Gasteiger partial charge in [0.25, 0.3) is 15.9 Å². The van der Waals surface area contributed by atoms with Gasteiger partial charge in [0.05, 0.1) is 17.8 Å². The van der Waals surface area contributed by atoms with E-state index in [2.05, 4.69) is 15.0 Å². The Morgan fingerprint density at radius 2 is 1.79 bits per heavy atom. The van der Waals surface area contributed by atoms with E-state index in [1.54, 1.807) is 24.3 Å². The molecule has 0 unspecified atom stereocenters. The van der Waals surface area contributed by atoms with E-state index >= 15 is 0 Å². The molecule has 4 rings (SSSR count). The van der Waals surface area contributed by atoms with E-state index in [1.807, 2.05) is 0 Å². The van der Waals surface area contributed by atoms with Crippen molar-refractivity contribution in [3.63, 3.8) is 0 Å². The molecule has 0 bridgehead atoms. The molecule has 1 aliphatic heterocycles. The third kappa shape index (κ3) is 5.39. The van der Waals surface area contributed by atoms with E-state index in [0.717, 1.165) is 12.8 Å². The van der Waals surface area contributed by atoms with Gasteiger partial charge in [0.1, 0.15) is 16.5 Å². The number of nitrogens with one attached hydrogen (secondary N) is 2. The SMILES string of the molecule is O=C(COC(=O)CC1(CC2=NS(=O)(=O)c3ccccc3N2)CCCC1)Nc1ccccc1F. The number of anilines is 2. The van der Waals surface area contributed by atoms with E-state index in [-0.39, 0.29) is 23.4 Å². The van der Waals surface area contributed by atoms with Crippen LogP contribution in [-0.2, 0) is 24.3 Å². The largest absolute Gasteiger partial charge is 0.456 e. The number of carbonyl (C=O) groups excluding carboxylic acids is 2. The van der Waals surface area contributed by atoms with Crippen molar-refractivity contribution in [3.05, 3.63) is 54.3 Å². The van der Waals surface area contributed by atoms with Gasteiger partial charge in [-0.15, -0.1) is 4.40 Å². The first kappa shape index (κ1) is 22.9. The highest BCUT2D eigenvalue weighted by atomic mass is 32.2. The normalized spacial score (nSPS) is 17.9. The Kier molecular flexibility index (Phi) is 6.46. The first-order valence-electron chi connectivity index (χ1n) is 10.7. The molecule has 1 aliphatic carbocycles. The number of ether oxygens (including phenoxy) is 1. The van der Waals surface area contributed by atoms with Gasteiger partial charge in [0, 0.05) is 6.42 Å². The Balaban J connectivity index is 1.38. The zero-order valence-corrected chi connectivity index (χ0v) is 18.7. The number of hydrogen-bond acceptors (Lipinski definition) is 6. The minimum Gasteiger partial charge on any atom is -0.456 e. The highest BCUT2D eigenvalue weighted by Gasteiger charge is 2.39. The number of esters is 1. The molecule has 2 N–H and O–H groups in total. The number of halogens is 1. The van der Waals surface area contributed by atoms with Crippen LogP contribution in [0.4, 0.5) is 15.8 Å². The zero-order valence-electron chi connectivity index (χ0n) is 17.8. The van der Waals surface area contributed by atoms with Crippen molar-refractivity contribution < 1.29 is 27.1 Å². The maximum Gasteiger partial charge on any atom is 0.306 e. The lowest BCUT2D eigenvalue weighted by atomic mass is 9.79. The summed E-state index contributed by atoms with van der Waals surface area (Å²) in [4.78, 5) is 24.7. The molecule has 174 valence electrons. The first-order valence-corrected chi connectivity index (χ1v) is 12.1. The number of rotatable bonds is 7. The lowest BCUT2D eigenvalue weighted by molar-refractivity contribution is -0.149. The summed E-state index contributed by atoms with van der Waals surface area (Å²) in [6.45, 7) is -0.538. The van der Waals surface area contributed by atoms with Crippen LogP contribution in [0.15, 0.2) is 57.8 Å². The Hall–Kier alpha value is -3.27. The summed E-state index contributed by atoms with van der Waals surface area (Å²) in [7, 11) is -3.82. The van der Waals surface area contributed by atoms with E-state index in [4.69, 9.17) is 4.74 Å². The van der Waals surface area contributed by atoms with Crippen LogP contribution in [-0.4, -0.2) is 32.7 Å². The molecule has 2 aromatic carbocycles. The van der Waals surface area contributed by atoms with Crippen LogP contribution < -0.4 is 10.6 Å². The highest BCUT2D eigenvalue weighted by Crippen LogP contribution is 2.45. The number of benzene rings is 2. The number of amides is 1. The third-order valence-electron chi connectivity index (χ3n) is 5.91. The third-order valence-corrected chi connectivity index (χ3v) is 7.29. The Morgan fingerprint density at radius 3 is 2.55 bits per heavy atom. The summed E-state index contributed by atoms with van der Waals surface area (Å²) in [5.41, 5.74) is -0.0380. The second kappa shape index (κ2) is 9.30. The number of amidine groups is 1. The Bertz CT molecular complexity index is 1210. The van der Waals surface area contributed by atoms with Gasteiger partial charge >= 0.3 is 5.97 Å². The number of hydrogen-bond donors (Lipinski definition) is 2. The van der Waals surface area contributed by atoms with Gasteiger partial charge in [-0.05, 0) is 42.5 Å². The van der Waals surface area contributed by atoms with Crippen molar-refractivity contribution in [1.29, 1.82) is 0 Å². The molecule has 10 heteroatoms. The van der Waals surface area contributed by atoms with Gasteiger partial charge in [-0.1, -0.05) is 37.1 Å². The van der Waals surface area contributed by atoms with Crippen LogP contribution in [0.2, 0.25) is 0 Å². The smallest absolute Gasteiger partial charge is 0.306 e. The van der Waals surface area contributed by atoms with Crippen molar-refractivity contribution in [2.45, 2.75) is 43.4 Å². The Morgan fingerprint density at radius 1 is 1.09 bits per heavy atom. The van der Waals surface area contributed by atoms with Crippen molar-refractivity contribution in [2.75, 3.05) is 17.2 Å². The second-order valence-corrected chi connectivity index (χ2v) is 9.96. The van der Waals surface area contributed by atoms with E-state index in [1.165, 1.54) is 24.3 Å². The van der Waals surface area contributed by atoms with Gasteiger partial charge in [-0.2, -0.15) is 8.42 Å². The van der Waals surface area contributed by atoms with Crippen molar-refractivity contribution in [3.8, 4) is 0 Å². The monoisotopic (exact) mass is 473 g/mol. The van der Waals surface area contributed by atoms with Gasteiger partial charge in [0.15, 0.2) is 6.61 Å². The van der Waals surface area contributed by atoms with Crippen LogP contribution in [0.25, 0.3) is 0 Å². The summed E-state index contributed by atoms with van der Waals surface area (Å²) >= 11 is 0. The average molecular weight is 474 g/mol.